The lowest BCUT2D eigenvalue weighted by Crippen LogP contribution is -2.43. The van der Waals surface area contributed by atoms with Crippen molar-refractivity contribution in [3.05, 3.63) is 53.3 Å². The maximum Gasteiger partial charge on any atom is 0.318 e. The minimum Gasteiger partial charge on any atom is -0.493 e. The molecular weight excluding hydrogens is 318 g/mol. The second-order valence-corrected chi connectivity index (χ2v) is 6.10. The van der Waals surface area contributed by atoms with Gasteiger partial charge in [0.05, 0.1) is 20.3 Å². The first-order valence-corrected chi connectivity index (χ1v) is 8.31. The van der Waals surface area contributed by atoms with E-state index in [1.165, 1.54) is 5.56 Å². The first-order valence-electron chi connectivity index (χ1n) is 8.31. The number of ether oxygens (including phenoxy) is 2. The molecule has 132 valence electrons. The van der Waals surface area contributed by atoms with Crippen LogP contribution in [0.5, 0.6) is 11.5 Å². The van der Waals surface area contributed by atoms with Gasteiger partial charge in [0, 0.05) is 25.5 Å². The second kappa shape index (κ2) is 7.42. The maximum atomic E-state index is 12.6. The first kappa shape index (κ1) is 17.1. The Morgan fingerprint density at radius 2 is 1.80 bits per heavy atom. The number of hydrogen-bond acceptors (Lipinski definition) is 4. The molecule has 25 heavy (non-hydrogen) atoms. The van der Waals surface area contributed by atoms with Crippen LogP contribution in [0.15, 0.2) is 36.7 Å². The summed E-state index contributed by atoms with van der Waals surface area (Å²) in [6.45, 7) is 3.21. The van der Waals surface area contributed by atoms with Crippen molar-refractivity contribution in [3.63, 3.8) is 0 Å². The van der Waals surface area contributed by atoms with Gasteiger partial charge in [-0.05, 0) is 54.3 Å². The lowest BCUT2D eigenvalue weighted by atomic mass is 9.99. The molecule has 6 heteroatoms. The average molecular weight is 341 g/mol. The number of aromatic nitrogens is 1. The molecule has 3 rings (SSSR count). The fourth-order valence-corrected chi connectivity index (χ4v) is 3.07. The Hall–Kier alpha value is -2.76. The summed E-state index contributed by atoms with van der Waals surface area (Å²) in [6.07, 6.45) is 4.26. The number of hydrogen-bond donors (Lipinski definition) is 1. The monoisotopic (exact) mass is 341 g/mol. The topological polar surface area (TPSA) is 63.7 Å². The number of fused-ring (bicyclic) bond motifs is 1. The number of rotatable bonds is 4. The molecule has 1 aliphatic heterocycles. The van der Waals surface area contributed by atoms with Gasteiger partial charge >= 0.3 is 6.03 Å². The molecule has 6 nitrogen and oxygen atoms in total. The molecular formula is C19H23N3O3. The van der Waals surface area contributed by atoms with Crippen LogP contribution in [0.2, 0.25) is 0 Å². The molecule has 1 unspecified atom stereocenters. The van der Waals surface area contributed by atoms with Crippen molar-refractivity contribution in [3.8, 4) is 11.5 Å². The Bertz CT molecular complexity index is 749. The Balaban J connectivity index is 1.70. The number of amides is 2. The smallest absolute Gasteiger partial charge is 0.318 e. The van der Waals surface area contributed by atoms with E-state index in [4.69, 9.17) is 9.47 Å². The van der Waals surface area contributed by atoms with Gasteiger partial charge in [0.1, 0.15) is 0 Å². The quantitative estimate of drug-likeness (QED) is 0.929. The predicted octanol–water partition coefficient (Wildman–Crippen LogP) is 2.93. The van der Waals surface area contributed by atoms with Crippen molar-refractivity contribution in [2.75, 3.05) is 20.8 Å². The van der Waals surface area contributed by atoms with Crippen molar-refractivity contribution in [2.45, 2.75) is 25.9 Å². The van der Waals surface area contributed by atoms with Gasteiger partial charge in [0.15, 0.2) is 11.5 Å². The molecule has 1 aromatic carbocycles. The van der Waals surface area contributed by atoms with E-state index >= 15 is 0 Å². The van der Waals surface area contributed by atoms with Crippen LogP contribution < -0.4 is 14.8 Å². The minimum atomic E-state index is -0.0673. The van der Waals surface area contributed by atoms with Crippen molar-refractivity contribution >= 4 is 6.03 Å². The Kier molecular flexibility index (Phi) is 5.07. The molecule has 2 amide bonds. The number of benzene rings is 1. The first-order chi connectivity index (χ1) is 12.1. The molecule has 0 bridgehead atoms. The van der Waals surface area contributed by atoms with Gasteiger partial charge in [-0.25, -0.2) is 4.79 Å². The minimum absolute atomic E-state index is 0.0650. The third-order valence-electron chi connectivity index (χ3n) is 4.55. The zero-order valence-corrected chi connectivity index (χ0v) is 14.8. The van der Waals surface area contributed by atoms with E-state index in [1.807, 2.05) is 36.1 Å². The summed E-state index contributed by atoms with van der Waals surface area (Å²) >= 11 is 0. The summed E-state index contributed by atoms with van der Waals surface area (Å²) in [6, 6.07) is 7.65. The lowest BCUT2D eigenvalue weighted by molar-refractivity contribution is 0.189. The van der Waals surface area contributed by atoms with Crippen LogP contribution in [0.4, 0.5) is 4.79 Å². The number of nitrogens with zero attached hydrogens (tertiary/aromatic N) is 2. The lowest BCUT2D eigenvalue weighted by Gasteiger charge is -2.30. The van der Waals surface area contributed by atoms with Crippen molar-refractivity contribution in [1.82, 2.24) is 15.2 Å². The number of methoxy groups -OCH3 is 2. The number of nitrogens with one attached hydrogen (secondary N) is 1. The largest absolute Gasteiger partial charge is 0.493 e. The van der Waals surface area contributed by atoms with Crippen LogP contribution in [0.3, 0.4) is 0 Å². The third-order valence-corrected chi connectivity index (χ3v) is 4.55. The molecule has 0 radical (unpaired) electrons. The molecule has 1 aliphatic rings. The molecule has 0 saturated heterocycles. The van der Waals surface area contributed by atoms with Crippen LogP contribution in [0, 0.1) is 0 Å². The van der Waals surface area contributed by atoms with E-state index in [-0.39, 0.29) is 12.1 Å². The fourth-order valence-electron chi connectivity index (χ4n) is 3.07. The fraction of sp³-hybridized carbons (Fsp3) is 0.368. The molecule has 0 fully saturated rings. The van der Waals surface area contributed by atoms with E-state index < -0.39 is 0 Å². The van der Waals surface area contributed by atoms with E-state index in [9.17, 15) is 4.79 Å². The molecule has 2 heterocycles. The van der Waals surface area contributed by atoms with Crippen molar-refractivity contribution in [1.29, 1.82) is 0 Å². The van der Waals surface area contributed by atoms with Crippen LogP contribution in [0.25, 0.3) is 0 Å². The van der Waals surface area contributed by atoms with E-state index in [0.29, 0.717) is 18.8 Å². The highest BCUT2D eigenvalue weighted by Crippen LogP contribution is 2.33. The molecule has 2 aromatic rings. The maximum absolute atomic E-state index is 12.6. The summed E-state index contributed by atoms with van der Waals surface area (Å²) in [4.78, 5) is 18.4. The third kappa shape index (κ3) is 3.68. The van der Waals surface area contributed by atoms with Crippen LogP contribution >= 0.6 is 0 Å². The summed E-state index contributed by atoms with van der Waals surface area (Å²) in [5.41, 5.74) is 3.33. The Morgan fingerprint density at radius 1 is 1.16 bits per heavy atom. The van der Waals surface area contributed by atoms with Crippen LogP contribution in [0.1, 0.15) is 29.7 Å². The molecule has 1 N–H and O–H groups in total. The van der Waals surface area contributed by atoms with Gasteiger partial charge in [-0.1, -0.05) is 0 Å². The summed E-state index contributed by atoms with van der Waals surface area (Å²) < 4.78 is 10.7. The van der Waals surface area contributed by atoms with Crippen LogP contribution in [-0.4, -0.2) is 36.7 Å². The summed E-state index contributed by atoms with van der Waals surface area (Å²) in [5.74, 6) is 1.42. The van der Waals surface area contributed by atoms with Crippen molar-refractivity contribution in [2.24, 2.45) is 0 Å². The van der Waals surface area contributed by atoms with Gasteiger partial charge < -0.3 is 19.7 Å². The zero-order chi connectivity index (χ0) is 17.8. The molecule has 1 aromatic heterocycles. The van der Waals surface area contributed by atoms with Gasteiger partial charge in [-0.3, -0.25) is 4.98 Å². The Morgan fingerprint density at radius 3 is 2.44 bits per heavy atom. The standard InChI is InChI=1S/C19H23N3O3/c1-13(14-4-7-20-8-5-14)21-19(23)22-9-6-15-10-17(24-2)18(25-3)11-16(15)12-22/h4-5,7-8,10-11,13H,6,9,12H2,1-3H3,(H,21,23). The predicted molar refractivity (Wildman–Crippen MR) is 94.8 cm³/mol. The Labute approximate surface area is 147 Å². The number of urea groups is 1. The molecule has 1 atom stereocenters. The normalized spacial score (nSPS) is 14.4. The van der Waals surface area contributed by atoms with Gasteiger partial charge in [0.2, 0.25) is 0 Å². The SMILES string of the molecule is COc1cc2c(cc1OC)CN(C(=O)NC(C)c1ccncc1)CC2. The highest BCUT2D eigenvalue weighted by molar-refractivity contribution is 5.75. The van der Waals surface area contributed by atoms with Gasteiger partial charge in [0.25, 0.3) is 0 Å². The zero-order valence-electron chi connectivity index (χ0n) is 14.8. The highest BCUT2D eigenvalue weighted by Gasteiger charge is 2.23. The summed E-state index contributed by atoms with van der Waals surface area (Å²) in [5, 5.41) is 3.05. The molecule has 0 aliphatic carbocycles. The second-order valence-electron chi connectivity index (χ2n) is 6.10. The van der Waals surface area contributed by atoms with E-state index in [1.54, 1.807) is 26.6 Å². The molecule has 0 saturated carbocycles. The summed E-state index contributed by atoms with van der Waals surface area (Å²) in [7, 11) is 3.25. The number of carbonyl (C=O) groups excluding carboxylic acids is 1. The van der Waals surface area contributed by atoms with E-state index in [2.05, 4.69) is 10.3 Å². The molecule has 0 spiro atoms. The van der Waals surface area contributed by atoms with E-state index in [0.717, 1.165) is 23.3 Å². The van der Waals surface area contributed by atoms with Crippen molar-refractivity contribution < 1.29 is 14.3 Å². The average Bonchev–Trinajstić information content (AvgIpc) is 2.66. The highest BCUT2D eigenvalue weighted by atomic mass is 16.5. The number of pyridine rings is 1. The van der Waals surface area contributed by atoms with Crippen LogP contribution in [-0.2, 0) is 13.0 Å². The van der Waals surface area contributed by atoms with Gasteiger partial charge in [-0.2, -0.15) is 0 Å². The number of carbonyl (C=O) groups is 1. The van der Waals surface area contributed by atoms with Gasteiger partial charge in [-0.15, -0.1) is 0 Å².